The first kappa shape index (κ1) is 18.5. The van der Waals surface area contributed by atoms with Crippen molar-refractivity contribution < 1.29 is 9.90 Å². The highest BCUT2D eigenvalue weighted by atomic mass is 35.5. The SMILES string of the molecule is CCN(CC(C)(C)O)C(=O)c1ccc(-n2nc(C)c(Cl)c2C)cc1. The first-order valence-corrected chi connectivity index (χ1v) is 8.35. The number of hydrogen-bond donors (Lipinski definition) is 1. The van der Waals surface area contributed by atoms with Gasteiger partial charge in [0.1, 0.15) is 0 Å². The van der Waals surface area contributed by atoms with Crippen LogP contribution in [-0.2, 0) is 0 Å². The van der Waals surface area contributed by atoms with E-state index in [1.54, 1.807) is 35.6 Å². The summed E-state index contributed by atoms with van der Waals surface area (Å²) in [4.78, 5) is 14.2. The van der Waals surface area contributed by atoms with Crippen LogP contribution < -0.4 is 0 Å². The normalized spacial score (nSPS) is 11.6. The van der Waals surface area contributed by atoms with Crippen molar-refractivity contribution in [2.75, 3.05) is 13.1 Å². The number of aromatic nitrogens is 2. The third-order valence-electron chi connectivity index (χ3n) is 3.81. The minimum Gasteiger partial charge on any atom is -0.389 e. The van der Waals surface area contributed by atoms with Crippen LogP contribution in [0.5, 0.6) is 0 Å². The zero-order valence-corrected chi connectivity index (χ0v) is 15.6. The van der Waals surface area contributed by atoms with Crippen molar-refractivity contribution in [1.82, 2.24) is 14.7 Å². The molecule has 2 rings (SSSR count). The van der Waals surface area contributed by atoms with Crippen LogP contribution >= 0.6 is 11.6 Å². The van der Waals surface area contributed by atoms with Crippen molar-refractivity contribution in [2.45, 2.75) is 40.2 Å². The summed E-state index contributed by atoms with van der Waals surface area (Å²) in [6.45, 7) is 9.88. The lowest BCUT2D eigenvalue weighted by Crippen LogP contribution is -2.42. The molecular formula is C18H24ClN3O2. The zero-order valence-electron chi connectivity index (χ0n) is 14.8. The Labute approximate surface area is 147 Å². The molecule has 2 aromatic rings. The Morgan fingerprint density at radius 1 is 1.29 bits per heavy atom. The monoisotopic (exact) mass is 349 g/mol. The number of carbonyl (C=O) groups excluding carboxylic acids is 1. The molecule has 1 aromatic carbocycles. The molecule has 0 fully saturated rings. The molecule has 0 radical (unpaired) electrons. The van der Waals surface area contributed by atoms with Gasteiger partial charge in [0.25, 0.3) is 5.91 Å². The maximum absolute atomic E-state index is 12.6. The molecule has 0 bridgehead atoms. The Hall–Kier alpha value is -1.85. The lowest BCUT2D eigenvalue weighted by atomic mass is 10.1. The largest absolute Gasteiger partial charge is 0.389 e. The van der Waals surface area contributed by atoms with Crippen LogP contribution in [0.15, 0.2) is 24.3 Å². The maximum atomic E-state index is 12.6. The molecule has 1 aromatic heterocycles. The molecule has 5 nitrogen and oxygen atoms in total. The predicted molar refractivity (Wildman–Crippen MR) is 95.9 cm³/mol. The van der Waals surface area contributed by atoms with Gasteiger partial charge < -0.3 is 10.0 Å². The van der Waals surface area contributed by atoms with E-state index in [4.69, 9.17) is 11.6 Å². The van der Waals surface area contributed by atoms with Gasteiger partial charge in [-0.05, 0) is 58.9 Å². The highest BCUT2D eigenvalue weighted by Gasteiger charge is 2.22. The fourth-order valence-corrected chi connectivity index (χ4v) is 2.71. The van der Waals surface area contributed by atoms with E-state index in [9.17, 15) is 9.90 Å². The van der Waals surface area contributed by atoms with Gasteiger partial charge in [-0.15, -0.1) is 0 Å². The smallest absolute Gasteiger partial charge is 0.253 e. The Bertz CT molecular complexity index is 730. The second-order valence-corrected chi connectivity index (χ2v) is 6.95. The molecule has 0 aliphatic heterocycles. The molecule has 0 atom stereocenters. The number of rotatable bonds is 5. The molecule has 1 N–H and O–H groups in total. The number of aliphatic hydroxyl groups is 1. The zero-order chi connectivity index (χ0) is 18.1. The molecule has 130 valence electrons. The molecule has 1 heterocycles. The van der Waals surface area contributed by atoms with Crippen LogP contribution in [0.4, 0.5) is 0 Å². The molecule has 1 amide bonds. The van der Waals surface area contributed by atoms with E-state index in [0.29, 0.717) is 17.1 Å². The fourth-order valence-electron chi connectivity index (χ4n) is 2.60. The van der Waals surface area contributed by atoms with Gasteiger partial charge in [0.05, 0.1) is 27.7 Å². The van der Waals surface area contributed by atoms with Gasteiger partial charge in [0.2, 0.25) is 0 Å². The third kappa shape index (κ3) is 3.97. The average molecular weight is 350 g/mol. The summed E-state index contributed by atoms with van der Waals surface area (Å²) in [6.07, 6.45) is 0. The van der Waals surface area contributed by atoms with E-state index in [-0.39, 0.29) is 12.5 Å². The fraction of sp³-hybridized carbons (Fsp3) is 0.444. The Morgan fingerprint density at radius 3 is 2.29 bits per heavy atom. The second-order valence-electron chi connectivity index (χ2n) is 6.58. The van der Waals surface area contributed by atoms with Gasteiger partial charge in [0.15, 0.2) is 0 Å². The summed E-state index contributed by atoms with van der Waals surface area (Å²) in [6, 6.07) is 7.24. The van der Waals surface area contributed by atoms with E-state index >= 15 is 0 Å². The number of aryl methyl sites for hydroxylation is 1. The summed E-state index contributed by atoms with van der Waals surface area (Å²) < 4.78 is 1.76. The van der Waals surface area contributed by atoms with Crippen LogP contribution in [0.2, 0.25) is 5.02 Å². The molecule has 0 aliphatic rings. The van der Waals surface area contributed by atoms with Gasteiger partial charge >= 0.3 is 0 Å². The third-order valence-corrected chi connectivity index (χ3v) is 4.36. The summed E-state index contributed by atoms with van der Waals surface area (Å²) >= 11 is 6.18. The first-order chi connectivity index (χ1) is 11.1. The van der Waals surface area contributed by atoms with Gasteiger partial charge in [-0.1, -0.05) is 11.6 Å². The Morgan fingerprint density at radius 2 is 1.88 bits per heavy atom. The molecule has 0 aliphatic carbocycles. The molecular weight excluding hydrogens is 326 g/mol. The molecule has 6 heteroatoms. The molecule has 0 saturated carbocycles. The summed E-state index contributed by atoms with van der Waals surface area (Å²) in [7, 11) is 0. The number of halogens is 1. The Balaban J connectivity index is 2.25. The Kier molecular flexibility index (Phi) is 5.35. The van der Waals surface area contributed by atoms with Gasteiger partial charge in [-0.2, -0.15) is 5.10 Å². The number of hydrogen-bond acceptors (Lipinski definition) is 3. The summed E-state index contributed by atoms with van der Waals surface area (Å²) in [5, 5.41) is 15.0. The van der Waals surface area contributed by atoms with Crippen molar-refractivity contribution in [1.29, 1.82) is 0 Å². The molecule has 0 spiro atoms. The molecule has 0 saturated heterocycles. The molecule has 24 heavy (non-hydrogen) atoms. The number of likely N-dealkylation sites (N-methyl/N-ethyl adjacent to an activating group) is 1. The average Bonchev–Trinajstić information content (AvgIpc) is 2.79. The van der Waals surface area contributed by atoms with Crippen molar-refractivity contribution in [2.24, 2.45) is 0 Å². The van der Waals surface area contributed by atoms with Gasteiger partial charge in [0, 0.05) is 18.7 Å². The van der Waals surface area contributed by atoms with Crippen LogP contribution in [-0.4, -0.2) is 44.4 Å². The van der Waals surface area contributed by atoms with Crippen molar-refractivity contribution in [3.63, 3.8) is 0 Å². The lowest BCUT2D eigenvalue weighted by Gasteiger charge is -2.28. The second kappa shape index (κ2) is 6.95. The predicted octanol–water partition coefficient (Wildman–Crippen LogP) is 3.38. The van der Waals surface area contributed by atoms with Gasteiger partial charge in [-0.25, -0.2) is 4.68 Å². The highest BCUT2D eigenvalue weighted by molar-refractivity contribution is 6.31. The molecule has 0 unspecified atom stereocenters. The topological polar surface area (TPSA) is 58.4 Å². The lowest BCUT2D eigenvalue weighted by molar-refractivity contribution is 0.0314. The van der Waals surface area contributed by atoms with E-state index in [2.05, 4.69) is 5.10 Å². The van der Waals surface area contributed by atoms with Crippen molar-refractivity contribution >= 4 is 17.5 Å². The van der Waals surface area contributed by atoms with Crippen LogP contribution in [0, 0.1) is 13.8 Å². The van der Waals surface area contributed by atoms with Crippen molar-refractivity contribution in [3.05, 3.63) is 46.2 Å². The van der Waals surface area contributed by atoms with Crippen LogP contribution in [0.25, 0.3) is 5.69 Å². The van der Waals surface area contributed by atoms with Crippen molar-refractivity contribution in [3.8, 4) is 5.69 Å². The minimum atomic E-state index is -0.925. The number of amides is 1. The maximum Gasteiger partial charge on any atom is 0.253 e. The highest BCUT2D eigenvalue weighted by Crippen LogP contribution is 2.22. The van der Waals surface area contributed by atoms with E-state index in [1.807, 2.05) is 32.9 Å². The summed E-state index contributed by atoms with van der Waals surface area (Å²) in [5.41, 5.74) is 2.15. The summed E-state index contributed by atoms with van der Waals surface area (Å²) in [5.74, 6) is -0.0995. The van der Waals surface area contributed by atoms with Gasteiger partial charge in [-0.3, -0.25) is 4.79 Å². The van der Waals surface area contributed by atoms with E-state index in [0.717, 1.165) is 17.1 Å². The minimum absolute atomic E-state index is 0.0995. The first-order valence-electron chi connectivity index (χ1n) is 7.98. The van der Waals surface area contributed by atoms with E-state index < -0.39 is 5.60 Å². The van der Waals surface area contributed by atoms with E-state index in [1.165, 1.54) is 0 Å². The standard InChI is InChI=1S/C18H24ClN3O2/c1-6-21(11-18(4,5)24)17(23)14-7-9-15(10-8-14)22-13(3)16(19)12(2)20-22/h7-10,24H,6,11H2,1-5H3. The quantitative estimate of drug-likeness (QED) is 0.900. The number of nitrogens with zero attached hydrogens (tertiary/aromatic N) is 3. The van der Waals surface area contributed by atoms with Crippen LogP contribution in [0.3, 0.4) is 0 Å². The number of benzene rings is 1. The van der Waals surface area contributed by atoms with Crippen LogP contribution in [0.1, 0.15) is 42.5 Å². The number of carbonyl (C=O) groups is 1.